The van der Waals surface area contributed by atoms with Crippen LogP contribution in [0.25, 0.3) is 5.69 Å². The number of carbonyl (C=O) groups excluding carboxylic acids is 1. The summed E-state index contributed by atoms with van der Waals surface area (Å²) in [4.78, 5) is 12.0. The highest BCUT2D eigenvalue weighted by atomic mass is 16.2. The highest BCUT2D eigenvalue weighted by Crippen LogP contribution is 2.08. The third-order valence-corrected chi connectivity index (χ3v) is 3.27. The maximum atomic E-state index is 12.0. The van der Waals surface area contributed by atoms with Gasteiger partial charge in [0.2, 0.25) is 0 Å². The van der Waals surface area contributed by atoms with Crippen LogP contribution in [0.15, 0.2) is 30.5 Å². The van der Waals surface area contributed by atoms with Crippen molar-refractivity contribution in [1.82, 2.24) is 20.3 Å². The van der Waals surface area contributed by atoms with Crippen LogP contribution in [0.4, 0.5) is 0 Å². The molecule has 0 aliphatic heterocycles. The largest absolute Gasteiger partial charge is 0.351 e. The summed E-state index contributed by atoms with van der Waals surface area (Å²) in [7, 11) is 0. The van der Waals surface area contributed by atoms with Crippen LogP contribution < -0.4 is 5.32 Å². The van der Waals surface area contributed by atoms with Crippen molar-refractivity contribution in [3.63, 3.8) is 0 Å². The lowest BCUT2D eigenvalue weighted by Crippen LogP contribution is -2.25. The first-order chi connectivity index (χ1) is 10.1. The average Bonchev–Trinajstić information content (AvgIpc) is 2.94. The molecule has 0 saturated heterocycles. The summed E-state index contributed by atoms with van der Waals surface area (Å²) in [6.07, 6.45) is 3.74. The number of aryl methyl sites for hydroxylation is 1. The minimum atomic E-state index is -0.169. The maximum absolute atomic E-state index is 12.0. The van der Waals surface area contributed by atoms with Crippen LogP contribution in [0.2, 0.25) is 0 Å². The molecule has 0 aliphatic carbocycles. The second-order valence-electron chi connectivity index (χ2n) is 5.68. The van der Waals surface area contributed by atoms with Crippen molar-refractivity contribution in [2.45, 2.75) is 33.6 Å². The fourth-order valence-electron chi connectivity index (χ4n) is 1.99. The molecule has 2 aromatic rings. The van der Waals surface area contributed by atoms with Gasteiger partial charge in [-0.3, -0.25) is 4.79 Å². The molecular formula is C16H22N4O. The van der Waals surface area contributed by atoms with Crippen molar-refractivity contribution < 1.29 is 4.79 Å². The van der Waals surface area contributed by atoms with Crippen molar-refractivity contribution in [3.05, 3.63) is 41.7 Å². The minimum Gasteiger partial charge on any atom is -0.351 e. The van der Waals surface area contributed by atoms with E-state index in [4.69, 9.17) is 0 Å². The molecule has 1 aromatic heterocycles. The van der Waals surface area contributed by atoms with Crippen LogP contribution in [0.5, 0.6) is 0 Å². The zero-order chi connectivity index (χ0) is 15.2. The van der Waals surface area contributed by atoms with E-state index in [1.807, 2.05) is 31.2 Å². The molecule has 0 fully saturated rings. The molecule has 1 N–H and O–H groups in total. The molecule has 0 bridgehead atoms. The third-order valence-electron chi connectivity index (χ3n) is 3.27. The van der Waals surface area contributed by atoms with Crippen molar-refractivity contribution in [2.24, 2.45) is 5.92 Å². The minimum absolute atomic E-state index is 0.169. The molecule has 5 nitrogen and oxygen atoms in total. The predicted molar refractivity (Wildman–Crippen MR) is 82.5 cm³/mol. The summed E-state index contributed by atoms with van der Waals surface area (Å²) >= 11 is 0. The van der Waals surface area contributed by atoms with Crippen molar-refractivity contribution in [1.29, 1.82) is 0 Å². The van der Waals surface area contributed by atoms with Gasteiger partial charge in [-0.05, 0) is 37.8 Å². The Morgan fingerprint density at radius 2 is 2.00 bits per heavy atom. The molecule has 2 rings (SSSR count). The second kappa shape index (κ2) is 7.02. The molecule has 0 unspecified atom stereocenters. The van der Waals surface area contributed by atoms with E-state index in [2.05, 4.69) is 29.5 Å². The van der Waals surface area contributed by atoms with Gasteiger partial charge in [0.15, 0.2) is 5.69 Å². The molecule has 21 heavy (non-hydrogen) atoms. The number of hydrogen-bond donors (Lipinski definition) is 1. The Morgan fingerprint density at radius 3 is 2.67 bits per heavy atom. The van der Waals surface area contributed by atoms with E-state index in [0.29, 0.717) is 18.2 Å². The standard InChI is InChI=1S/C16H22N4O/c1-12(2)5-4-10-17-16(21)15-11-20(19-18-15)14-8-6-13(3)7-9-14/h6-9,11-12H,4-5,10H2,1-3H3,(H,17,21). The lowest BCUT2D eigenvalue weighted by atomic mass is 10.1. The number of rotatable bonds is 6. The Hall–Kier alpha value is -2.17. The molecule has 0 atom stereocenters. The van der Waals surface area contributed by atoms with E-state index >= 15 is 0 Å². The van der Waals surface area contributed by atoms with Crippen molar-refractivity contribution in [3.8, 4) is 5.69 Å². The zero-order valence-electron chi connectivity index (χ0n) is 12.8. The lowest BCUT2D eigenvalue weighted by Gasteiger charge is -2.05. The Morgan fingerprint density at radius 1 is 1.29 bits per heavy atom. The van der Waals surface area contributed by atoms with Crippen LogP contribution in [-0.4, -0.2) is 27.4 Å². The van der Waals surface area contributed by atoms with E-state index in [9.17, 15) is 4.79 Å². The van der Waals surface area contributed by atoms with Gasteiger partial charge in [0.05, 0.1) is 11.9 Å². The Balaban J connectivity index is 1.93. The predicted octanol–water partition coefficient (Wildman–Crippen LogP) is 2.74. The molecule has 1 aromatic carbocycles. The Bertz CT molecular complexity index is 587. The summed E-state index contributed by atoms with van der Waals surface area (Å²) in [5.41, 5.74) is 2.43. The fourth-order valence-corrected chi connectivity index (χ4v) is 1.99. The van der Waals surface area contributed by atoms with Gasteiger partial charge in [0.1, 0.15) is 0 Å². The molecule has 1 amide bonds. The summed E-state index contributed by atoms with van der Waals surface area (Å²) in [6, 6.07) is 7.91. The van der Waals surface area contributed by atoms with Gasteiger partial charge in [-0.15, -0.1) is 5.10 Å². The van der Waals surface area contributed by atoms with Crippen molar-refractivity contribution >= 4 is 5.91 Å². The highest BCUT2D eigenvalue weighted by Gasteiger charge is 2.10. The lowest BCUT2D eigenvalue weighted by molar-refractivity contribution is 0.0947. The van der Waals surface area contributed by atoms with Crippen LogP contribution >= 0.6 is 0 Å². The van der Waals surface area contributed by atoms with Crippen molar-refractivity contribution in [2.75, 3.05) is 6.54 Å². The summed E-state index contributed by atoms with van der Waals surface area (Å²) in [5, 5.41) is 10.8. The van der Waals surface area contributed by atoms with Crippen LogP contribution in [0.3, 0.4) is 0 Å². The first-order valence-corrected chi connectivity index (χ1v) is 7.34. The topological polar surface area (TPSA) is 59.8 Å². The molecular weight excluding hydrogens is 264 g/mol. The van der Waals surface area contributed by atoms with Gasteiger partial charge >= 0.3 is 0 Å². The number of amides is 1. The smallest absolute Gasteiger partial charge is 0.273 e. The zero-order valence-corrected chi connectivity index (χ0v) is 12.8. The number of aromatic nitrogens is 3. The van der Waals surface area contributed by atoms with Gasteiger partial charge < -0.3 is 5.32 Å². The van der Waals surface area contributed by atoms with E-state index in [0.717, 1.165) is 18.5 Å². The van der Waals surface area contributed by atoms with Gasteiger partial charge in [-0.2, -0.15) is 0 Å². The number of benzene rings is 1. The maximum Gasteiger partial charge on any atom is 0.273 e. The number of nitrogens with one attached hydrogen (secondary N) is 1. The van der Waals surface area contributed by atoms with E-state index in [1.165, 1.54) is 5.56 Å². The van der Waals surface area contributed by atoms with E-state index in [-0.39, 0.29) is 5.91 Å². The average molecular weight is 286 g/mol. The molecule has 0 aliphatic rings. The fraction of sp³-hybridized carbons (Fsp3) is 0.438. The Labute approximate surface area is 125 Å². The van der Waals surface area contributed by atoms with Gasteiger partial charge in [0.25, 0.3) is 5.91 Å². The number of nitrogens with zero attached hydrogens (tertiary/aromatic N) is 3. The number of hydrogen-bond acceptors (Lipinski definition) is 3. The highest BCUT2D eigenvalue weighted by molar-refractivity contribution is 5.91. The SMILES string of the molecule is Cc1ccc(-n2cc(C(=O)NCCCC(C)C)nn2)cc1. The summed E-state index contributed by atoms with van der Waals surface area (Å²) in [6.45, 7) is 7.06. The van der Waals surface area contributed by atoms with Crippen LogP contribution in [0.1, 0.15) is 42.7 Å². The summed E-state index contributed by atoms with van der Waals surface area (Å²) in [5.74, 6) is 0.487. The Kier molecular flexibility index (Phi) is 5.09. The molecule has 112 valence electrons. The first kappa shape index (κ1) is 15.2. The van der Waals surface area contributed by atoms with Gasteiger partial charge in [0, 0.05) is 6.54 Å². The van der Waals surface area contributed by atoms with E-state index in [1.54, 1.807) is 10.9 Å². The first-order valence-electron chi connectivity index (χ1n) is 7.34. The summed E-state index contributed by atoms with van der Waals surface area (Å²) < 4.78 is 1.61. The third kappa shape index (κ3) is 4.41. The molecule has 0 spiro atoms. The van der Waals surface area contributed by atoms with E-state index < -0.39 is 0 Å². The number of carbonyl (C=O) groups is 1. The normalized spacial score (nSPS) is 10.9. The molecule has 1 heterocycles. The van der Waals surface area contributed by atoms with Gasteiger partial charge in [-0.25, -0.2) is 4.68 Å². The monoisotopic (exact) mass is 286 g/mol. The molecule has 0 saturated carbocycles. The quantitative estimate of drug-likeness (QED) is 0.831. The van der Waals surface area contributed by atoms with Crippen LogP contribution in [0, 0.1) is 12.8 Å². The molecule has 5 heteroatoms. The van der Waals surface area contributed by atoms with Crippen LogP contribution in [-0.2, 0) is 0 Å². The molecule has 0 radical (unpaired) electrons. The second-order valence-corrected chi connectivity index (χ2v) is 5.68. The van der Waals surface area contributed by atoms with Gasteiger partial charge in [-0.1, -0.05) is 36.8 Å².